The van der Waals surface area contributed by atoms with Crippen LogP contribution in [0.3, 0.4) is 0 Å². The van der Waals surface area contributed by atoms with E-state index in [-0.39, 0.29) is 48.3 Å². The van der Waals surface area contributed by atoms with Crippen LogP contribution in [0.5, 0.6) is 5.75 Å². The van der Waals surface area contributed by atoms with E-state index >= 15 is 0 Å². The molecule has 1 aromatic heterocycles. The van der Waals surface area contributed by atoms with Gasteiger partial charge in [0, 0.05) is 50.3 Å². The number of benzene rings is 2. The number of nitrogens with zero attached hydrogens (tertiary/aromatic N) is 3. The number of amides is 2. The van der Waals surface area contributed by atoms with Gasteiger partial charge in [0.05, 0.1) is 0 Å². The van der Waals surface area contributed by atoms with E-state index in [4.69, 9.17) is 14.3 Å². The van der Waals surface area contributed by atoms with Crippen molar-refractivity contribution in [2.45, 2.75) is 57.7 Å². The third-order valence-corrected chi connectivity index (χ3v) is 7.89. The van der Waals surface area contributed by atoms with Crippen LogP contribution in [0.4, 0.5) is 8.78 Å². The quantitative estimate of drug-likeness (QED) is 0.475. The van der Waals surface area contributed by atoms with Crippen LogP contribution in [0.1, 0.15) is 64.7 Å². The third kappa shape index (κ3) is 4.76. The van der Waals surface area contributed by atoms with E-state index in [2.05, 4.69) is 10.5 Å². The maximum atomic E-state index is 14.2. The first-order valence-electron chi connectivity index (χ1n) is 13.6. The Kier molecular flexibility index (Phi) is 6.91. The van der Waals surface area contributed by atoms with Crippen molar-refractivity contribution >= 4 is 17.7 Å². The molecule has 1 spiro atoms. The SMILES string of the molecule is CC1=NO[C@@]2(CC[C@H](C)N3C[C@H]2n2cc(C(=O)NCc4ccc(F)cc4F)c(=O)c(OCc4ccccc4)c2C3=O)O1. The maximum absolute atomic E-state index is 14.2. The number of hydrogen-bond donors (Lipinski definition) is 1. The van der Waals surface area contributed by atoms with Gasteiger partial charge in [-0.1, -0.05) is 36.4 Å². The molecule has 42 heavy (non-hydrogen) atoms. The first-order valence-corrected chi connectivity index (χ1v) is 13.6. The predicted octanol–water partition coefficient (Wildman–Crippen LogP) is 3.89. The maximum Gasteiger partial charge on any atom is 0.299 e. The number of rotatable bonds is 6. The Morgan fingerprint density at radius 2 is 1.98 bits per heavy atom. The molecule has 2 amide bonds. The van der Waals surface area contributed by atoms with Crippen molar-refractivity contribution in [3.8, 4) is 5.75 Å². The number of hydrogen-bond acceptors (Lipinski definition) is 7. The molecule has 218 valence electrons. The molecule has 0 unspecified atom stereocenters. The highest BCUT2D eigenvalue weighted by molar-refractivity contribution is 5.99. The lowest BCUT2D eigenvalue weighted by molar-refractivity contribution is -0.194. The van der Waals surface area contributed by atoms with Gasteiger partial charge in [0.2, 0.25) is 11.3 Å². The van der Waals surface area contributed by atoms with Gasteiger partial charge in [-0.15, -0.1) is 0 Å². The normalized spacial score (nSPS) is 22.5. The fourth-order valence-corrected chi connectivity index (χ4v) is 5.64. The Hall–Kier alpha value is -4.74. The second-order valence-corrected chi connectivity index (χ2v) is 10.6. The summed E-state index contributed by atoms with van der Waals surface area (Å²) < 4.78 is 41.2. The summed E-state index contributed by atoms with van der Waals surface area (Å²) in [7, 11) is 0. The molecular weight excluding hydrogens is 550 g/mol. The average Bonchev–Trinajstić information content (AvgIpc) is 3.31. The number of fused-ring (bicyclic) bond motifs is 5. The summed E-state index contributed by atoms with van der Waals surface area (Å²) in [6.45, 7) is 3.40. The molecule has 12 heteroatoms. The summed E-state index contributed by atoms with van der Waals surface area (Å²) in [6, 6.07) is 11.2. The fraction of sp³-hybridized carbons (Fsp3) is 0.333. The Bertz CT molecular complexity index is 1660. The third-order valence-electron chi connectivity index (χ3n) is 7.89. The van der Waals surface area contributed by atoms with Gasteiger partial charge in [0.1, 0.15) is 29.8 Å². The summed E-state index contributed by atoms with van der Waals surface area (Å²) in [6.07, 6.45) is 2.22. The number of carbonyl (C=O) groups excluding carboxylic acids is 2. The lowest BCUT2D eigenvalue weighted by Gasteiger charge is -2.41. The molecule has 0 saturated carbocycles. The summed E-state index contributed by atoms with van der Waals surface area (Å²) in [5.74, 6) is -4.09. The van der Waals surface area contributed by atoms with E-state index in [1.54, 1.807) is 24.0 Å². The Morgan fingerprint density at radius 3 is 2.69 bits per heavy atom. The van der Waals surface area contributed by atoms with Gasteiger partial charge < -0.3 is 29.1 Å². The van der Waals surface area contributed by atoms with Gasteiger partial charge in [-0.3, -0.25) is 14.4 Å². The monoisotopic (exact) mass is 578 g/mol. The van der Waals surface area contributed by atoms with Crippen LogP contribution in [0.25, 0.3) is 0 Å². The molecule has 1 N–H and O–H groups in total. The van der Waals surface area contributed by atoms with Crippen molar-refractivity contribution in [2.75, 3.05) is 6.54 Å². The number of oxime groups is 1. The topological polar surface area (TPSA) is 111 Å². The van der Waals surface area contributed by atoms with Gasteiger partial charge in [-0.05, 0) is 30.1 Å². The summed E-state index contributed by atoms with van der Waals surface area (Å²) in [5, 5.41) is 6.54. The fourth-order valence-electron chi connectivity index (χ4n) is 5.64. The van der Waals surface area contributed by atoms with Crippen LogP contribution in [0, 0.1) is 11.6 Å². The van der Waals surface area contributed by atoms with Crippen molar-refractivity contribution in [3.05, 3.63) is 99.0 Å². The van der Waals surface area contributed by atoms with Crippen LogP contribution in [0.15, 0.2) is 64.7 Å². The minimum absolute atomic E-state index is 0.0295. The predicted molar refractivity (Wildman–Crippen MR) is 146 cm³/mol. The molecule has 10 nitrogen and oxygen atoms in total. The number of carbonyl (C=O) groups is 2. The van der Waals surface area contributed by atoms with E-state index in [9.17, 15) is 23.2 Å². The number of nitrogens with one attached hydrogen (secondary N) is 1. The summed E-state index contributed by atoms with van der Waals surface area (Å²) in [4.78, 5) is 48.7. The van der Waals surface area contributed by atoms with Crippen molar-refractivity contribution in [2.24, 2.45) is 5.16 Å². The minimum Gasteiger partial charge on any atom is -0.483 e. The van der Waals surface area contributed by atoms with Crippen LogP contribution in [-0.4, -0.2) is 45.6 Å². The first-order chi connectivity index (χ1) is 20.2. The second kappa shape index (κ2) is 10.6. The molecule has 1 saturated heterocycles. The van der Waals surface area contributed by atoms with E-state index in [0.717, 1.165) is 11.6 Å². The molecule has 0 aliphatic carbocycles. The van der Waals surface area contributed by atoms with Crippen molar-refractivity contribution < 1.29 is 32.7 Å². The Balaban J connectivity index is 1.45. The van der Waals surface area contributed by atoms with Crippen molar-refractivity contribution in [3.63, 3.8) is 0 Å². The smallest absolute Gasteiger partial charge is 0.299 e. The molecule has 2 aromatic carbocycles. The van der Waals surface area contributed by atoms with Crippen LogP contribution < -0.4 is 15.5 Å². The highest BCUT2D eigenvalue weighted by atomic mass is 19.1. The molecular formula is C30H28F2N4O6. The summed E-state index contributed by atoms with van der Waals surface area (Å²) in [5.41, 5.74) is -0.377. The zero-order valence-electron chi connectivity index (χ0n) is 22.9. The van der Waals surface area contributed by atoms with Crippen molar-refractivity contribution in [1.29, 1.82) is 0 Å². The van der Waals surface area contributed by atoms with Gasteiger partial charge >= 0.3 is 0 Å². The van der Waals surface area contributed by atoms with E-state index in [1.807, 2.05) is 25.1 Å². The van der Waals surface area contributed by atoms with Crippen LogP contribution >= 0.6 is 0 Å². The number of aromatic nitrogens is 1. The second-order valence-electron chi connectivity index (χ2n) is 10.6. The molecule has 3 atom stereocenters. The van der Waals surface area contributed by atoms with Gasteiger partial charge in [-0.2, -0.15) is 0 Å². The number of pyridine rings is 1. The van der Waals surface area contributed by atoms with Crippen LogP contribution in [-0.2, 0) is 22.7 Å². The highest BCUT2D eigenvalue weighted by Gasteiger charge is 2.56. The van der Waals surface area contributed by atoms with E-state index in [0.29, 0.717) is 24.8 Å². The van der Waals surface area contributed by atoms with Gasteiger partial charge in [-0.25, -0.2) is 8.78 Å². The van der Waals surface area contributed by atoms with E-state index < -0.39 is 40.7 Å². The zero-order valence-corrected chi connectivity index (χ0v) is 22.9. The van der Waals surface area contributed by atoms with Gasteiger partial charge in [0.15, 0.2) is 11.4 Å². The lowest BCUT2D eigenvalue weighted by Crippen LogP contribution is -2.53. The van der Waals surface area contributed by atoms with Crippen molar-refractivity contribution in [1.82, 2.24) is 14.8 Å². The first kappa shape index (κ1) is 27.4. The number of halogens is 2. The average molecular weight is 579 g/mol. The molecule has 3 aliphatic heterocycles. The summed E-state index contributed by atoms with van der Waals surface area (Å²) >= 11 is 0. The van der Waals surface area contributed by atoms with E-state index in [1.165, 1.54) is 16.8 Å². The standard InChI is InChI=1S/C30H28F2N4O6/c1-17-10-11-30(41-18(2)34-42-30)24-15-35(17)29(39)25-27(40-16-19-6-4-3-5-7-19)26(37)22(14-36(24)25)28(38)33-13-20-8-9-21(31)12-23(20)32/h3-9,12,14,17,24H,10-11,13,15-16H2,1-2H3,(H,33,38)/t17-,24+,30+/m0/s1. The molecule has 0 radical (unpaired) electrons. The molecule has 4 heterocycles. The molecule has 6 rings (SSSR count). The Labute approximate surface area is 239 Å². The molecule has 1 fully saturated rings. The van der Waals surface area contributed by atoms with Gasteiger partial charge in [0.25, 0.3) is 17.6 Å². The van der Waals surface area contributed by atoms with Crippen LogP contribution in [0.2, 0.25) is 0 Å². The zero-order chi connectivity index (χ0) is 29.6. The molecule has 2 bridgehead atoms. The molecule has 3 aromatic rings. The lowest BCUT2D eigenvalue weighted by atomic mass is 9.99. The number of ether oxygens (including phenoxy) is 2. The Morgan fingerprint density at radius 1 is 1.19 bits per heavy atom. The largest absolute Gasteiger partial charge is 0.483 e. The molecule has 3 aliphatic rings. The minimum atomic E-state index is -1.28. The highest BCUT2D eigenvalue weighted by Crippen LogP contribution is 2.45.